The average Bonchev–Trinajstić information content (AvgIpc) is 2.72. The van der Waals surface area contributed by atoms with Gasteiger partial charge < -0.3 is 14.6 Å². The van der Waals surface area contributed by atoms with E-state index in [1.54, 1.807) is 31.4 Å². The molecule has 0 bridgehead atoms. The lowest BCUT2D eigenvalue weighted by Gasteiger charge is -2.21. The number of H-pyrrole nitrogens is 1. The maximum absolute atomic E-state index is 13.0. The number of aromatic nitrogens is 4. The van der Waals surface area contributed by atoms with Gasteiger partial charge in [0, 0.05) is 26.3 Å². The number of ether oxygens (including phenoxy) is 1. The fourth-order valence-corrected chi connectivity index (χ4v) is 2.94. The molecule has 0 radical (unpaired) electrons. The van der Waals surface area contributed by atoms with Crippen LogP contribution in [0.3, 0.4) is 0 Å². The topological polar surface area (TPSA) is 110 Å². The fourth-order valence-electron chi connectivity index (χ4n) is 2.94. The van der Waals surface area contributed by atoms with Crippen LogP contribution >= 0.6 is 0 Å². The van der Waals surface area contributed by atoms with Crippen molar-refractivity contribution in [3.63, 3.8) is 0 Å². The first-order chi connectivity index (χ1) is 14.0. The molecule has 9 heteroatoms. The molecule has 0 aliphatic heterocycles. The number of benzene rings is 1. The van der Waals surface area contributed by atoms with E-state index >= 15 is 0 Å². The van der Waals surface area contributed by atoms with Crippen LogP contribution < -0.4 is 11.1 Å². The van der Waals surface area contributed by atoms with Crippen molar-refractivity contribution >= 4 is 16.8 Å². The molecule has 1 N–H and O–H groups in total. The highest BCUT2D eigenvalue weighted by molar-refractivity contribution is 5.92. The van der Waals surface area contributed by atoms with Gasteiger partial charge in [-0.05, 0) is 24.6 Å². The van der Waals surface area contributed by atoms with Gasteiger partial charge in [0.05, 0.1) is 24.1 Å². The van der Waals surface area contributed by atoms with E-state index in [1.807, 2.05) is 6.92 Å². The van der Waals surface area contributed by atoms with Crippen molar-refractivity contribution in [2.45, 2.75) is 26.4 Å². The van der Waals surface area contributed by atoms with E-state index in [2.05, 4.69) is 15.1 Å². The molecule has 2 aromatic heterocycles. The standard InChI is InChI=1S/C20H23N5O4/c1-3-10-25-18(26)9-8-16(23-25)20(28)24(11-12-29-2)13-17-21-15-7-5-4-6-14(15)19(27)22-17/h4-9H,3,10-13H2,1-2H3,(H,21,22,27). The molecule has 152 valence electrons. The zero-order chi connectivity index (χ0) is 20.8. The lowest BCUT2D eigenvalue weighted by atomic mass is 10.2. The zero-order valence-corrected chi connectivity index (χ0v) is 16.4. The van der Waals surface area contributed by atoms with Crippen molar-refractivity contribution in [3.8, 4) is 0 Å². The summed E-state index contributed by atoms with van der Waals surface area (Å²) in [6, 6.07) is 9.75. The second-order valence-corrected chi connectivity index (χ2v) is 6.53. The summed E-state index contributed by atoms with van der Waals surface area (Å²) in [7, 11) is 1.54. The van der Waals surface area contributed by atoms with Gasteiger partial charge in [-0.3, -0.25) is 14.4 Å². The van der Waals surface area contributed by atoms with Crippen molar-refractivity contribution in [1.82, 2.24) is 24.6 Å². The van der Waals surface area contributed by atoms with E-state index in [0.717, 1.165) is 6.42 Å². The number of aromatic amines is 1. The Hall–Kier alpha value is -3.33. The summed E-state index contributed by atoms with van der Waals surface area (Å²) in [5.74, 6) is -0.0113. The summed E-state index contributed by atoms with van der Waals surface area (Å²) < 4.78 is 6.39. The van der Waals surface area contributed by atoms with Crippen molar-refractivity contribution in [1.29, 1.82) is 0 Å². The number of carbonyl (C=O) groups is 1. The van der Waals surface area contributed by atoms with Gasteiger partial charge in [0.1, 0.15) is 11.5 Å². The minimum Gasteiger partial charge on any atom is -0.383 e. The van der Waals surface area contributed by atoms with Gasteiger partial charge in [0.25, 0.3) is 17.0 Å². The van der Waals surface area contributed by atoms with E-state index in [1.165, 1.54) is 21.7 Å². The monoisotopic (exact) mass is 397 g/mol. The molecule has 0 saturated heterocycles. The van der Waals surface area contributed by atoms with Crippen LogP contribution in [0.2, 0.25) is 0 Å². The molecule has 2 heterocycles. The largest absolute Gasteiger partial charge is 0.383 e. The van der Waals surface area contributed by atoms with Gasteiger partial charge >= 0.3 is 0 Å². The first kappa shape index (κ1) is 20.4. The molecular formula is C20H23N5O4. The van der Waals surface area contributed by atoms with Crippen LogP contribution in [0.15, 0.2) is 46.0 Å². The summed E-state index contributed by atoms with van der Waals surface area (Å²) in [4.78, 5) is 45.9. The van der Waals surface area contributed by atoms with E-state index in [-0.39, 0.29) is 35.8 Å². The Morgan fingerprint density at radius 3 is 2.76 bits per heavy atom. The number of fused-ring (bicyclic) bond motifs is 1. The number of carbonyl (C=O) groups excluding carboxylic acids is 1. The van der Waals surface area contributed by atoms with Gasteiger partial charge in [0.2, 0.25) is 0 Å². The summed E-state index contributed by atoms with van der Waals surface area (Å²) in [5, 5.41) is 4.67. The predicted octanol–water partition coefficient (Wildman–Crippen LogP) is 1.18. The van der Waals surface area contributed by atoms with Crippen molar-refractivity contribution in [3.05, 3.63) is 68.6 Å². The van der Waals surface area contributed by atoms with Gasteiger partial charge in [-0.2, -0.15) is 5.10 Å². The second kappa shape index (κ2) is 9.24. The van der Waals surface area contributed by atoms with E-state index in [9.17, 15) is 14.4 Å². The van der Waals surface area contributed by atoms with Gasteiger partial charge in [0.15, 0.2) is 0 Å². The second-order valence-electron chi connectivity index (χ2n) is 6.53. The first-order valence-corrected chi connectivity index (χ1v) is 9.37. The molecule has 29 heavy (non-hydrogen) atoms. The molecule has 0 saturated carbocycles. The lowest BCUT2D eigenvalue weighted by Crippen LogP contribution is -2.36. The third kappa shape index (κ3) is 4.75. The average molecular weight is 397 g/mol. The van der Waals surface area contributed by atoms with Crippen LogP contribution in [-0.4, -0.2) is 50.8 Å². The molecule has 1 amide bonds. The third-order valence-corrected chi connectivity index (χ3v) is 4.38. The highest BCUT2D eigenvalue weighted by atomic mass is 16.5. The number of rotatable bonds is 8. The number of nitrogens with zero attached hydrogens (tertiary/aromatic N) is 4. The number of amides is 1. The minimum atomic E-state index is -0.372. The number of hydrogen-bond donors (Lipinski definition) is 1. The Kier molecular flexibility index (Phi) is 6.50. The van der Waals surface area contributed by atoms with Gasteiger partial charge in [-0.1, -0.05) is 19.1 Å². The minimum absolute atomic E-state index is 0.0802. The predicted molar refractivity (Wildman–Crippen MR) is 108 cm³/mol. The molecule has 0 fully saturated rings. The summed E-state index contributed by atoms with van der Waals surface area (Å²) in [6.07, 6.45) is 0.722. The van der Waals surface area contributed by atoms with Crippen molar-refractivity contribution in [2.75, 3.05) is 20.3 Å². The Balaban J connectivity index is 1.92. The smallest absolute Gasteiger partial charge is 0.274 e. The van der Waals surface area contributed by atoms with Crippen molar-refractivity contribution < 1.29 is 9.53 Å². The first-order valence-electron chi connectivity index (χ1n) is 9.37. The normalized spacial score (nSPS) is 11.0. The van der Waals surface area contributed by atoms with E-state index in [4.69, 9.17) is 4.74 Å². The Bertz CT molecular complexity index is 1120. The van der Waals surface area contributed by atoms with Crippen LogP contribution in [0, 0.1) is 0 Å². The lowest BCUT2D eigenvalue weighted by molar-refractivity contribution is 0.0666. The molecule has 3 aromatic rings. The Morgan fingerprint density at radius 1 is 1.21 bits per heavy atom. The van der Waals surface area contributed by atoms with Crippen LogP contribution in [0.25, 0.3) is 10.9 Å². The maximum Gasteiger partial charge on any atom is 0.274 e. The third-order valence-electron chi connectivity index (χ3n) is 4.38. The summed E-state index contributed by atoms with van der Waals surface area (Å²) in [5.41, 5.74) is 0.184. The molecule has 1 aromatic carbocycles. The van der Waals surface area contributed by atoms with Crippen LogP contribution in [0.4, 0.5) is 0 Å². The summed E-state index contributed by atoms with van der Waals surface area (Å²) in [6.45, 7) is 3.02. The van der Waals surface area contributed by atoms with Crippen LogP contribution in [0.1, 0.15) is 29.7 Å². The highest BCUT2D eigenvalue weighted by Crippen LogP contribution is 2.09. The van der Waals surface area contributed by atoms with Crippen molar-refractivity contribution in [2.24, 2.45) is 0 Å². The molecule has 0 aliphatic carbocycles. The number of methoxy groups -OCH3 is 1. The molecule has 0 spiro atoms. The zero-order valence-electron chi connectivity index (χ0n) is 16.4. The van der Waals surface area contributed by atoms with Gasteiger partial charge in [-0.15, -0.1) is 0 Å². The van der Waals surface area contributed by atoms with Crippen LogP contribution in [-0.2, 0) is 17.8 Å². The molecule has 3 rings (SSSR count). The van der Waals surface area contributed by atoms with E-state index < -0.39 is 0 Å². The highest BCUT2D eigenvalue weighted by Gasteiger charge is 2.20. The van der Waals surface area contributed by atoms with E-state index in [0.29, 0.717) is 29.9 Å². The fraction of sp³-hybridized carbons (Fsp3) is 0.350. The molecule has 9 nitrogen and oxygen atoms in total. The number of hydrogen-bond acceptors (Lipinski definition) is 6. The number of para-hydroxylation sites is 1. The van der Waals surface area contributed by atoms with Crippen LogP contribution in [0.5, 0.6) is 0 Å². The van der Waals surface area contributed by atoms with Gasteiger partial charge in [-0.25, -0.2) is 9.67 Å². The molecule has 0 atom stereocenters. The Morgan fingerprint density at radius 2 is 2.00 bits per heavy atom. The molecular weight excluding hydrogens is 374 g/mol. The molecule has 0 unspecified atom stereocenters. The molecule has 0 aliphatic rings. The number of nitrogens with one attached hydrogen (secondary N) is 1. The quantitative estimate of drug-likeness (QED) is 0.611. The SMILES string of the molecule is CCCn1nc(C(=O)N(CCOC)Cc2nc3ccccc3c(=O)[nH]2)ccc1=O. The number of aryl methyl sites for hydroxylation is 1. The maximum atomic E-state index is 13.0. The summed E-state index contributed by atoms with van der Waals surface area (Å²) >= 11 is 0. The Labute approximate surface area is 167 Å².